The van der Waals surface area contributed by atoms with Gasteiger partial charge in [0.15, 0.2) is 0 Å². The molecule has 0 aromatic carbocycles. The van der Waals surface area contributed by atoms with Crippen molar-refractivity contribution in [3.05, 3.63) is 17.5 Å². The summed E-state index contributed by atoms with van der Waals surface area (Å²) in [5.74, 6) is -1.37. The fourth-order valence-electron chi connectivity index (χ4n) is 1.66. The van der Waals surface area contributed by atoms with E-state index in [2.05, 4.69) is 0 Å². The van der Waals surface area contributed by atoms with Gasteiger partial charge in [0.05, 0.1) is 0 Å². The highest BCUT2D eigenvalue weighted by Crippen LogP contribution is 2.24. The lowest BCUT2D eigenvalue weighted by Gasteiger charge is -2.17. The molecule has 0 aliphatic rings. The van der Waals surface area contributed by atoms with Crippen LogP contribution in [0.15, 0.2) is 11.1 Å². The highest BCUT2D eigenvalue weighted by molar-refractivity contribution is 7.89. The van der Waals surface area contributed by atoms with Gasteiger partial charge in [-0.15, -0.1) is 0 Å². The Hall–Kier alpha value is -1.55. The van der Waals surface area contributed by atoms with Crippen LogP contribution < -0.4 is 4.72 Å². The monoisotopic (exact) mass is 314 g/mol. The molecular weight excluding hydrogens is 301 g/mol. The third kappa shape index (κ3) is 3.12. The third-order valence-corrected chi connectivity index (χ3v) is 4.36. The molecule has 20 heavy (non-hydrogen) atoms. The van der Waals surface area contributed by atoms with Crippen molar-refractivity contribution in [3.8, 4) is 0 Å². The van der Waals surface area contributed by atoms with Gasteiger partial charge in [-0.25, -0.2) is 13.2 Å². The number of carbonyl (C=O) groups is 1. The number of sulfonamides is 1. The van der Waals surface area contributed by atoms with E-state index in [9.17, 15) is 26.4 Å². The zero-order valence-electron chi connectivity index (χ0n) is 10.8. The highest BCUT2D eigenvalue weighted by atomic mass is 32.2. The SMILES string of the molecule is Cc1c(S(=O)(=O)NC(C)C(F)(F)F)cn(C)c1C(=O)O. The van der Waals surface area contributed by atoms with E-state index in [1.807, 2.05) is 0 Å². The normalized spacial score (nSPS) is 14.3. The first-order valence-electron chi connectivity index (χ1n) is 5.36. The average Bonchev–Trinajstić information content (AvgIpc) is 2.52. The molecular formula is C10H13F3N2O4S. The number of carboxylic acids is 1. The van der Waals surface area contributed by atoms with Crippen LogP contribution in [-0.2, 0) is 17.1 Å². The molecule has 0 spiro atoms. The maximum atomic E-state index is 12.4. The third-order valence-electron chi connectivity index (χ3n) is 2.70. The Morgan fingerprint density at radius 3 is 2.30 bits per heavy atom. The quantitative estimate of drug-likeness (QED) is 0.876. The van der Waals surface area contributed by atoms with Crippen LogP contribution >= 0.6 is 0 Å². The van der Waals surface area contributed by atoms with E-state index in [4.69, 9.17) is 5.11 Å². The van der Waals surface area contributed by atoms with Crippen molar-refractivity contribution in [2.75, 3.05) is 0 Å². The molecule has 0 fully saturated rings. The molecule has 10 heteroatoms. The molecule has 1 atom stereocenters. The summed E-state index contributed by atoms with van der Waals surface area (Å²) in [6.07, 6.45) is -3.77. The molecule has 1 rings (SSSR count). The largest absolute Gasteiger partial charge is 0.477 e. The van der Waals surface area contributed by atoms with E-state index in [0.717, 1.165) is 10.8 Å². The van der Waals surface area contributed by atoms with Gasteiger partial charge in [-0.3, -0.25) is 0 Å². The lowest BCUT2D eigenvalue weighted by molar-refractivity contribution is -0.147. The van der Waals surface area contributed by atoms with E-state index >= 15 is 0 Å². The van der Waals surface area contributed by atoms with Crippen LogP contribution in [0.2, 0.25) is 0 Å². The summed E-state index contributed by atoms with van der Waals surface area (Å²) in [6.45, 7) is 1.88. The minimum atomic E-state index is -4.73. The summed E-state index contributed by atoms with van der Waals surface area (Å²) in [4.78, 5) is 10.5. The number of aromatic carboxylic acids is 1. The van der Waals surface area contributed by atoms with Crippen LogP contribution in [-0.4, -0.2) is 36.3 Å². The zero-order valence-corrected chi connectivity index (χ0v) is 11.6. The predicted octanol–water partition coefficient (Wildman–Crippen LogP) is 1.26. The number of aromatic nitrogens is 1. The summed E-state index contributed by atoms with van der Waals surface area (Å²) in [5, 5.41) is 8.92. The van der Waals surface area contributed by atoms with E-state index in [0.29, 0.717) is 6.92 Å². The number of aryl methyl sites for hydroxylation is 1. The lowest BCUT2D eigenvalue weighted by Crippen LogP contribution is -2.43. The van der Waals surface area contributed by atoms with Crippen molar-refractivity contribution in [1.29, 1.82) is 0 Å². The van der Waals surface area contributed by atoms with Crippen LogP contribution in [0.3, 0.4) is 0 Å². The summed E-state index contributed by atoms with van der Waals surface area (Å²) >= 11 is 0. The Morgan fingerprint density at radius 2 is 1.95 bits per heavy atom. The molecule has 6 nitrogen and oxygen atoms in total. The van der Waals surface area contributed by atoms with Crippen LogP contribution in [0.5, 0.6) is 0 Å². The predicted molar refractivity (Wildman–Crippen MR) is 62.9 cm³/mol. The van der Waals surface area contributed by atoms with Crippen molar-refractivity contribution in [1.82, 2.24) is 9.29 Å². The van der Waals surface area contributed by atoms with Crippen LogP contribution in [0.1, 0.15) is 23.0 Å². The topological polar surface area (TPSA) is 88.4 Å². The number of rotatable bonds is 4. The van der Waals surface area contributed by atoms with E-state index in [1.165, 1.54) is 18.7 Å². The van der Waals surface area contributed by atoms with Gasteiger partial charge in [-0.2, -0.15) is 17.9 Å². The van der Waals surface area contributed by atoms with Gasteiger partial charge < -0.3 is 9.67 Å². The molecule has 0 saturated carbocycles. The Bertz CT molecular complexity index is 634. The average molecular weight is 314 g/mol. The Labute approximate surface area is 113 Å². The van der Waals surface area contributed by atoms with Crippen molar-refractivity contribution in [2.45, 2.75) is 31.0 Å². The summed E-state index contributed by atoms with van der Waals surface area (Å²) in [7, 11) is -3.17. The number of alkyl halides is 3. The molecule has 1 aromatic rings. The number of hydrogen-bond acceptors (Lipinski definition) is 3. The molecule has 0 bridgehead atoms. The van der Waals surface area contributed by atoms with Crippen LogP contribution in [0, 0.1) is 6.92 Å². The van der Waals surface area contributed by atoms with E-state index in [1.54, 1.807) is 0 Å². The van der Waals surface area contributed by atoms with Crippen molar-refractivity contribution < 1.29 is 31.5 Å². The van der Waals surface area contributed by atoms with Crippen molar-refractivity contribution in [2.24, 2.45) is 7.05 Å². The van der Waals surface area contributed by atoms with Gasteiger partial charge in [0.1, 0.15) is 16.6 Å². The number of nitrogens with zero attached hydrogens (tertiary/aromatic N) is 1. The van der Waals surface area contributed by atoms with E-state index < -0.39 is 33.1 Å². The maximum absolute atomic E-state index is 12.4. The molecule has 0 saturated heterocycles. The number of halogens is 3. The highest BCUT2D eigenvalue weighted by Gasteiger charge is 2.39. The Kier molecular flexibility index (Phi) is 4.20. The first-order chi connectivity index (χ1) is 8.88. The number of carboxylic acid groups (broad SMARTS) is 1. The van der Waals surface area contributed by atoms with Crippen molar-refractivity contribution >= 4 is 16.0 Å². The number of hydrogen-bond donors (Lipinski definition) is 2. The minimum Gasteiger partial charge on any atom is -0.477 e. The van der Waals surface area contributed by atoms with Crippen LogP contribution in [0.25, 0.3) is 0 Å². The first kappa shape index (κ1) is 16.5. The van der Waals surface area contributed by atoms with Gasteiger partial charge >= 0.3 is 12.1 Å². The van der Waals surface area contributed by atoms with Gasteiger partial charge in [0.25, 0.3) is 0 Å². The molecule has 2 N–H and O–H groups in total. The molecule has 114 valence electrons. The standard InChI is InChI=1S/C10H13F3N2O4S/c1-5-7(4-15(3)8(5)9(16)17)20(18,19)14-6(2)10(11,12)13/h4,6,14H,1-3H3,(H,16,17). The molecule has 1 unspecified atom stereocenters. The second kappa shape index (κ2) is 5.09. The fourth-order valence-corrected chi connectivity index (χ4v) is 3.19. The number of nitrogens with one attached hydrogen (secondary N) is 1. The van der Waals surface area contributed by atoms with Gasteiger partial charge in [0.2, 0.25) is 10.0 Å². The van der Waals surface area contributed by atoms with Gasteiger partial charge in [-0.05, 0) is 13.8 Å². The minimum absolute atomic E-state index is 0.123. The maximum Gasteiger partial charge on any atom is 0.404 e. The van der Waals surface area contributed by atoms with Crippen LogP contribution in [0.4, 0.5) is 13.2 Å². The second-order valence-electron chi connectivity index (χ2n) is 4.27. The summed E-state index contributed by atoms with van der Waals surface area (Å²) in [6, 6.07) is -2.28. The smallest absolute Gasteiger partial charge is 0.404 e. The lowest BCUT2D eigenvalue weighted by atomic mass is 10.3. The molecule has 0 aliphatic carbocycles. The Morgan fingerprint density at radius 1 is 1.45 bits per heavy atom. The molecule has 0 radical (unpaired) electrons. The molecule has 1 heterocycles. The second-order valence-corrected chi connectivity index (χ2v) is 5.95. The molecule has 1 aromatic heterocycles. The van der Waals surface area contributed by atoms with Crippen molar-refractivity contribution in [3.63, 3.8) is 0 Å². The van der Waals surface area contributed by atoms with Gasteiger partial charge in [0, 0.05) is 18.8 Å². The molecule has 0 amide bonds. The van der Waals surface area contributed by atoms with Gasteiger partial charge in [-0.1, -0.05) is 0 Å². The summed E-state index contributed by atoms with van der Waals surface area (Å²) < 4.78 is 63.4. The Balaban J connectivity index is 3.25. The zero-order chi connectivity index (χ0) is 15.9. The fraction of sp³-hybridized carbons (Fsp3) is 0.500. The summed E-state index contributed by atoms with van der Waals surface area (Å²) in [5.41, 5.74) is -0.424. The molecule has 0 aliphatic heterocycles. The van der Waals surface area contributed by atoms with E-state index in [-0.39, 0.29) is 11.3 Å². The first-order valence-corrected chi connectivity index (χ1v) is 6.84.